The van der Waals surface area contributed by atoms with E-state index in [1.54, 1.807) is 0 Å². The van der Waals surface area contributed by atoms with Gasteiger partial charge in [-0.05, 0) is 110 Å². The third kappa shape index (κ3) is 6.77. The number of carbonyl (C=O) groups is 1. The molecule has 3 fully saturated rings. The van der Waals surface area contributed by atoms with E-state index in [1.165, 1.54) is 12.1 Å². The van der Waals surface area contributed by atoms with Crippen molar-refractivity contribution in [2.75, 3.05) is 19.7 Å². The second-order valence-corrected chi connectivity index (χ2v) is 14.5. The Hall–Kier alpha value is -2.65. The summed E-state index contributed by atoms with van der Waals surface area (Å²) in [6, 6.07) is 18.6. The summed E-state index contributed by atoms with van der Waals surface area (Å²) < 4.78 is 47.8. The smallest absolute Gasteiger partial charge is 0.267 e. The Labute approximate surface area is 256 Å². The number of amides is 1. The van der Waals surface area contributed by atoms with Crippen molar-refractivity contribution in [2.24, 2.45) is 5.92 Å². The molecule has 0 unspecified atom stereocenters. The topological polar surface area (TPSA) is 75.7 Å². The van der Waals surface area contributed by atoms with Gasteiger partial charge in [-0.2, -0.15) is 0 Å². The van der Waals surface area contributed by atoms with E-state index in [0.29, 0.717) is 35.2 Å². The van der Waals surface area contributed by atoms with Gasteiger partial charge in [0.05, 0.1) is 23.5 Å². The van der Waals surface area contributed by atoms with Crippen LogP contribution in [0.5, 0.6) is 5.75 Å². The molecule has 42 heavy (non-hydrogen) atoms. The Balaban J connectivity index is 1.13. The second-order valence-electron chi connectivity index (χ2n) is 11.6. The summed E-state index contributed by atoms with van der Waals surface area (Å²) in [5, 5.41) is 0.816. The van der Waals surface area contributed by atoms with Crippen molar-refractivity contribution in [3.8, 4) is 5.75 Å². The van der Waals surface area contributed by atoms with Gasteiger partial charge in [0.2, 0.25) is 10.0 Å². The predicted octanol–water partition coefficient (Wildman–Crippen LogP) is 7.11. The molecule has 6 nitrogen and oxygen atoms in total. The summed E-state index contributed by atoms with van der Waals surface area (Å²) in [5.41, 5.74) is 2.73. The molecule has 10 heteroatoms. The molecule has 1 N–H and O–H groups in total. The molecule has 0 bridgehead atoms. The molecule has 3 aromatic carbocycles. The predicted molar refractivity (Wildman–Crippen MR) is 162 cm³/mol. The van der Waals surface area contributed by atoms with Crippen molar-refractivity contribution in [1.29, 1.82) is 0 Å². The van der Waals surface area contributed by atoms with Crippen LogP contribution in [0.1, 0.15) is 77.5 Å². The first kappa shape index (κ1) is 29.4. The monoisotopic (exact) mass is 630 g/mol. The van der Waals surface area contributed by atoms with Gasteiger partial charge in [0.1, 0.15) is 11.6 Å². The molecule has 3 aliphatic rings. The van der Waals surface area contributed by atoms with Gasteiger partial charge >= 0.3 is 0 Å². The van der Waals surface area contributed by atoms with Gasteiger partial charge in [0.25, 0.3) is 5.91 Å². The van der Waals surface area contributed by atoms with E-state index in [0.717, 1.165) is 55.5 Å². The van der Waals surface area contributed by atoms with Crippen LogP contribution in [0, 0.1) is 11.7 Å². The Kier molecular flexibility index (Phi) is 8.51. The second kappa shape index (κ2) is 12.2. The molecule has 1 amide bonds. The summed E-state index contributed by atoms with van der Waals surface area (Å²) in [6.07, 6.45) is 4.70. The normalized spacial score (nSPS) is 18.3. The zero-order chi connectivity index (χ0) is 29.4. The Morgan fingerprint density at radius 2 is 1.55 bits per heavy atom. The molecule has 0 spiro atoms. The van der Waals surface area contributed by atoms with Gasteiger partial charge in [-0.3, -0.25) is 9.69 Å². The van der Waals surface area contributed by atoms with Crippen LogP contribution < -0.4 is 9.46 Å². The average molecular weight is 632 g/mol. The molecular formula is C32H33Cl2FN2O4S. The van der Waals surface area contributed by atoms with Crippen LogP contribution >= 0.6 is 23.2 Å². The highest BCUT2D eigenvalue weighted by molar-refractivity contribution is 7.91. The summed E-state index contributed by atoms with van der Waals surface area (Å²) >= 11 is 12.7. The molecule has 1 heterocycles. The van der Waals surface area contributed by atoms with Gasteiger partial charge < -0.3 is 4.74 Å². The van der Waals surface area contributed by atoms with Crippen LogP contribution in [0.2, 0.25) is 10.0 Å². The van der Waals surface area contributed by atoms with Gasteiger partial charge in [0, 0.05) is 16.1 Å². The third-order valence-corrected chi connectivity index (χ3v) is 10.7. The molecular weight excluding hydrogens is 598 g/mol. The van der Waals surface area contributed by atoms with Crippen LogP contribution in [-0.4, -0.2) is 44.2 Å². The van der Waals surface area contributed by atoms with Gasteiger partial charge in [0.15, 0.2) is 0 Å². The van der Waals surface area contributed by atoms with E-state index in [-0.39, 0.29) is 23.4 Å². The summed E-state index contributed by atoms with van der Waals surface area (Å²) in [7, 11) is -3.77. The van der Waals surface area contributed by atoms with Crippen LogP contribution in [0.4, 0.5) is 4.39 Å². The largest absolute Gasteiger partial charge is 0.493 e. The number of hydrogen-bond donors (Lipinski definition) is 1. The Morgan fingerprint density at radius 1 is 0.929 bits per heavy atom. The number of hydrogen-bond acceptors (Lipinski definition) is 5. The number of likely N-dealkylation sites (tertiary alicyclic amines) is 1. The van der Waals surface area contributed by atoms with Crippen molar-refractivity contribution < 1.29 is 22.3 Å². The van der Waals surface area contributed by atoms with Crippen molar-refractivity contribution in [1.82, 2.24) is 9.62 Å². The van der Waals surface area contributed by atoms with Gasteiger partial charge in [-0.25, -0.2) is 17.5 Å². The first-order valence-electron chi connectivity index (χ1n) is 14.4. The molecule has 1 aliphatic heterocycles. The minimum atomic E-state index is -3.77. The first-order chi connectivity index (χ1) is 20.2. The van der Waals surface area contributed by atoms with Crippen molar-refractivity contribution in [3.63, 3.8) is 0 Å². The summed E-state index contributed by atoms with van der Waals surface area (Å²) in [6.45, 7) is 2.12. The highest BCUT2D eigenvalue weighted by Crippen LogP contribution is 2.45. The van der Waals surface area contributed by atoms with Crippen LogP contribution in [0.25, 0.3) is 0 Å². The third-order valence-electron chi connectivity index (χ3n) is 8.38. The minimum absolute atomic E-state index is 0.0160. The fourth-order valence-corrected chi connectivity index (χ4v) is 7.47. The lowest BCUT2D eigenvalue weighted by Gasteiger charge is -2.38. The number of nitrogens with zero attached hydrogens (tertiary/aromatic N) is 1. The number of ether oxygens (including phenoxy) is 1. The van der Waals surface area contributed by atoms with Gasteiger partial charge in [-0.15, -0.1) is 0 Å². The first-order valence-corrected chi connectivity index (χ1v) is 16.8. The molecule has 0 aromatic heterocycles. The van der Waals surface area contributed by atoms with Crippen molar-refractivity contribution in [3.05, 3.63) is 98.8 Å². The maximum absolute atomic E-state index is 15.1. The molecule has 1 saturated heterocycles. The molecule has 2 aliphatic carbocycles. The fraction of sp³-hybridized carbons (Fsp3) is 0.406. The van der Waals surface area contributed by atoms with Gasteiger partial charge in [-0.1, -0.05) is 47.5 Å². The SMILES string of the molecule is O=C(NS(=O)(=O)C1CC1)c1cc(C2CC2)c(OCC2CCN(C(c3cccc(Cl)c3)c3cccc(Cl)c3)CC2)cc1F. The number of carbonyl (C=O) groups excluding carboxylic acids is 1. The number of nitrogens with one attached hydrogen (secondary N) is 1. The lowest BCUT2D eigenvalue weighted by Crippen LogP contribution is -2.38. The number of rotatable bonds is 10. The minimum Gasteiger partial charge on any atom is -0.493 e. The fourth-order valence-electron chi connectivity index (χ4n) is 5.78. The molecule has 222 valence electrons. The maximum atomic E-state index is 15.1. The van der Waals surface area contributed by atoms with E-state index in [9.17, 15) is 13.2 Å². The van der Waals surface area contributed by atoms with Crippen LogP contribution in [0.3, 0.4) is 0 Å². The zero-order valence-electron chi connectivity index (χ0n) is 23.1. The molecule has 0 atom stereocenters. The standard InChI is InChI=1S/C32H33Cl2FN2O4S/c33-24-5-1-3-22(15-24)31(23-4-2-6-25(34)16-23)37-13-11-20(12-14-37)19-41-30-18-29(35)28(17-27(30)21-7-8-21)32(38)36-42(39,40)26-9-10-26/h1-6,15-18,20-21,26,31H,7-14,19H2,(H,36,38). The maximum Gasteiger partial charge on any atom is 0.267 e. The highest BCUT2D eigenvalue weighted by Gasteiger charge is 2.38. The zero-order valence-corrected chi connectivity index (χ0v) is 25.4. The molecule has 0 radical (unpaired) electrons. The molecule has 6 rings (SSSR count). The highest BCUT2D eigenvalue weighted by atomic mass is 35.5. The van der Waals surface area contributed by atoms with E-state index in [1.807, 2.05) is 41.1 Å². The quantitative estimate of drug-likeness (QED) is 0.258. The van der Waals surface area contributed by atoms with E-state index in [4.69, 9.17) is 27.9 Å². The number of piperidine rings is 1. The summed E-state index contributed by atoms with van der Waals surface area (Å²) in [5.74, 6) is -0.796. The molecule has 2 saturated carbocycles. The van der Waals surface area contributed by atoms with E-state index in [2.05, 4.69) is 17.0 Å². The van der Waals surface area contributed by atoms with Crippen molar-refractivity contribution >= 4 is 39.1 Å². The van der Waals surface area contributed by atoms with Crippen LogP contribution in [-0.2, 0) is 10.0 Å². The lowest BCUT2D eigenvalue weighted by molar-refractivity contribution is 0.0977. The van der Waals surface area contributed by atoms with Crippen molar-refractivity contribution in [2.45, 2.75) is 55.7 Å². The van der Waals surface area contributed by atoms with E-state index >= 15 is 4.39 Å². The molecule has 3 aromatic rings. The Morgan fingerprint density at radius 3 is 2.10 bits per heavy atom. The Bertz CT molecular complexity index is 1540. The average Bonchev–Trinajstić information content (AvgIpc) is 3.86. The number of sulfonamides is 1. The van der Waals surface area contributed by atoms with Crippen LogP contribution in [0.15, 0.2) is 60.7 Å². The van der Waals surface area contributed by atoms with E-state index < -0.39 is 27.0 Å². The summed E-state index contributed by atoms with van der Waals surface area (Å²) in [4.78, 5) is 15.1. The lowest BCUT2D eigenvalue weighted by atomic mass is 9.91. The number of benzene rings is 3. The number of halogens is 3.